The maximum absolute atomic E-state index is 12.1. The number of methoxy groups -OCH3 is 1. The average molecular weight is 344 g/mol. The molecule has 2 amide bonds. The van der Waals surface area contributed by atoms with E-state index in [1.807, 2.05) is 25.4 Å². The third-order valence-electron chi connectivity index (χ3n) is 3.81. The van der Waals surface area contributed by atoms with Crippen LogP contribution in [0, 0.1) is 0 Å². The van der Waals surface area contributed by atoms with Crippen LogP contribution in [-0.4, -0.2) is 51.1 Å². The van der Waals surface area contributed by atoms with Gasteiger partial charge in [0, 0.05) is 24.4 Å². The van der Waals surface area contributed by atoms with Crippen molar-refractivity contribution in [2.45, 2.75) is 0 Å². The number of aromatic amines is 1. The van der Waals surface area contributed by atoms with Gasteiger partial charge in [0.25, 0.3) is 0 Å². The van der Waals surface area contributed by atoms with Gasteiger partial charge in [0.1, 0.15) is 23.4 Å². The molecule has 4 rings (SSSR count). The Balaban J connectivity index is 1.73. The van der Waals surface area contributed by atoms with E-state index in [-0.39, 0.29) is 5.95 Å². The molecule has 1 fully saturated rings. The van der Waals surface area contributed by atoms with Gasteiger partial charge in [-0.1, -0.05) is 0 Å². The second kappa shape index (κ2) is 6.07. The lowest BCUT2D eigenvalue weighted by Gasteiger charge is -2.10. The number of fused-ring (bicyclic) bond motifs is 1. The quantitative estimate of drug-likeness (QED) is 0.700. The number of amides is 2. The number of hydroxylamine groups is 2. The first-order chi connectivity index (χ1) is 12.2. The third kappa shape index (κ3) is 2.77. The molecule has 1 aliphatic heterocycles. The van der Waals surface area contributed by atoms with Crippen molar-refractivity contribution in [1.29, 1.82) is 0 Å². The maximum Gasteiger partial charge on any atom is 0.350 e. The lowest BCUT2D eigenvalue weighted by Crippen LogP contribution is -2.31. The summed E-state index contributed by atoms with van der Waals surface area (Å²) < 4.78 is 7.10. The number of hydrogen-bond donors (Lipinski definition) is 2. The number of imidazole rings is 1. The van der Waals surface area contributed by atoms with Crippen LogP contribution in [0.5, 0.6) is 5.75 Å². The van der Waals surface area contributed by atoms with Crippen molar-refractivity contribution in [1.82, 2.24) is 24.8 Å². The number of aromatic nitrogens is 4. The van der Waals surface area contributed by atoms with Crippen molar-refractivity contribution in [2.24, 2.45) is 7.05 Å². The molecule has 1 aliphatic rings. The summed E-state index contributed by atoms with van der Waals surface area (Å²) in [5.74, 6) is 0.904. The standard InChI is InChI=1S/C15H16N6O4/c1-20-8-9(7-16-20)10-3-4-11(23-2)13-12(10)17-14(18-13)19-15(22)21-5-6-24-25-21/h3-4,7-8H,5-6H2,1-2H3,(H2,17,18,19,22). The number of nitrogens with one attached hydrogen (secondary N) is 2. The number of H-pyrrole nitrogens is 1. The van der Waals surface area contributed by atoms with Crippen LogP contribution in [0.4, 0.5) is 10.7 Å². The minimum atomic E-state index is -0.474. The fraction of sp³-hybridized carbons (Fsp3) is 0.267. The summed E-state index contributed by atoms with van der Waals surface area (Å²) in [6.45, 7) is 0.669. The molecule has 0 saturated carbocycles. The molecule has 3 heterocycles. The van der Waals surface area contributed by atoms with Crippen LogP contribution >= 0.6 is 0 Å². The van der Waals surface area contributed by atoms with E-state index >= 15 is 0 Å². The van der Waals surface area contributed by atoms with Gasteiger partial charge in [0.2, 0.25) is 5.95 Å². The van der Waals surface area contributed by atoms with Crippen molar-refractivity contribution in [3.8, 4) is 16.9 Å². The molecule has 25 heavy (non-hydrogen) atoms. The molecule has 2 N–H and O–H groups in total. The topological polar surface area (TPSA) is 107 Å². The Morgan fingerprint density at radius 3 is 3.00 bits per heavy atom. The highest BCUT2D eigenvalue weighted by atomic mass is 17.3. The van der Waals surface area contributed by atoms with Crippen molar-refractivity contribution in [2.75, 3.05) is 25.6 Å². The van der Waals surface area contributed by atoms with E-state index in [9.17, 15) is 4.79 Å². The Morgan fingerprint density at radius 1 is 1.44 bits per heavy atom. The Bertz CT molecular complexity index is 927. The van der Waals surface area contributed by atoms with E-state index in [1.165, 1.54) is 0 Å². The molecule has 10 nitrogen and oxygen atoms in total. The van der Waals surface area contributed by atoms with Crippen molar-refractivity contribution >= 4 is 23.0 Å². The number of rotatable bonds is 3. The molecule has 0 radical (unpaired) electrons. The molecule has 1 aromatic carbocycles. The summed E-state index contributed by atoms with van der Waals surface area (Å²) in [5, 5.41) is 7.91. The molecule has 1 saturated heterocycles. The second-order valence-electron chi connectivity index (χ2n) is 5.46. The lowest BCUT2D eigenvalue weighted by atomic mass is 10.1. The number of nitrogens with zero attached hydrogens (tertiary/aromatic N) is 4. The fourth-order valence-electron chi connectivity index (χ4n) is 2.65. The van der Waals surface area contributed by atoms with Gasteiger partial charge >= 0.3 is 6.03 Å². The molecule has 0 atom stereocenters. The molecule has 2 aromatic heterocycles. The fourth-order valence-corrected chi connectivity index (χ4v) is 2.65. The number of aryl methyl sites for hydroxylation is 1. The number of carbonyl (C=O) groups is 1. The highest BCUT2D eigenvalue weighted by Gasteiger charge is 2.23. The highest BCUT2D eigenvalue weighted by Crippen LogP contribution is 2.33. The predicted molar refractivity (Wildman–Crippen MR) is 87.6 cm³/mol. The van der Waals surface area contributed by atoms with Gasteiger partial charge in [-0.3, -0.25) is 10.00 Å². The normalized spacial score (nSPS) is 14.2. The summed E-state index contributed by atoms with van der Waals surface area (Å²) >= 11 is 0. The van der Waals surface area contributed by atoms with E-state index in [0.717, 1.165) is 16.2 Å². The summed E-state index contributed by atoms with van der Waals surface area (Å²) in [5.41, 5.74) is 3.14. The zero-order valence-electron chi connectivity index (χ0n) is 13.6. The molecule has 0 spiro atoms. The minimum absolute atomic E-state index is 0.283. The molecule has 130 valence electrons. The van der Waals surface area contributed by atoms with Crippen LogP contribution in [0.25, 0.3) is 22.2 Å². The number of benzene rings is 1. The molecule has 3 aromatic rings. The SMILES string of the molecule is COc1ccc(-c2cnn(C)c2)c2nc(NC(=O)N3CCOO3)[nH]c12. The van der Waals surface area contributed by atoms with Crippen LogP contribution in [0.3, 0.4) is 0 Å². The first kappa shape index (κ1) is 15.4. The van der Waals surface area contributed by atoms with Crippen LogP contribution in [0.2, 0.25) is 0 Å². The number of hydrogen-bond acceptors (Lipinski definition) is 6. The Morgan fingerprint density at radius 2 is 2.32 bits per heavy atom. The van der Waals surface area contributed by atoms with Gasteiger partial charge in [-0.25, -0.2) is 14.7 Å². The number of urea groups is 1. The van der Waals surface area contributed by atoms with Gasteiger partial charge in [-0.15, -0.1) is 4.99 Å². The zero-order chi connectivity index (χ0) is 17.4. The molecule has 10 heteroatoms. The van der Waals surface area contributed by atoms with Crippen molar-refractivity contribution in [3.05, 3.63) is 24.5 Å². The van der Waals surface area contributed by atoms with Gasteiger partial charge < -0.3 is 9.72 Å². The Labute approximate surface area is 142 Å². The minimum Gasteiger partial charge on any atom is -0.494 e. The third-order valence-corrected chi connectivity index (χ3v) is 3.81. The lowest BCUT2D eigenvalue weighted by molar-refractivity contribution is -0.348. The maximum atomic E-state index is 12.1. The van der Waals surface area contributed by atoms with E-state index in [0.29, 0.717) is 29.9 Å². The Hall–Kier alpha value is -3.11. The smallest absolute Gasteiger partial charge is 0.350 e. The second-order valence-corrected chi connectivity index (χ2v) is 5.46. The van der Waals surface area contributed by atoms with Crippen molar-refractivity contribution < 1.29 is 19.4 Å². The van der Waals surface area contributed by atoms with Gasteiger partial charge in [0.15, 0.2) is 0 Å². The average Bonchev–Trinajstić information content (AvgIpc) is 3.33. The first-order valence-electron chi connectivity index (χ1n) is 7.59. The summed E-state index contributed by atoms with van der Waals surface area (Å²) in [6.07, 6.45) is 3.65. The number of ether oxygens (including phenoxy) is 1. The highest BCUT2D eigenvalue weighted by molar-refractivity contribution is 5.98. The van der Waals surface area contributed by atoms with Crippen molar-refractivity contribution in [3.63, 3.8) is 0 Å². The van der Waals surface area contributed by atoms with Crippen LogP contribution in [-0.2, 0) is 16.9 Å². The van der Waals surface area contributed by atoms with Crippen LogP contribution < -0.4 is 10.1 Å². The monoisotopic (exact) mass is 344 g/mol. The number of carbonyl (C=O) groups excluding carboxylic acids is 1. The molecule has 0 bridgehead atoms. The molecule has 0 unspecified atom stereocenters. The van der Waals surface area contributed by atoms with E-state index in [2.05, 4.69) is 20.4 Å². The van der Waals surface area contributed by atoms with Gasteiger partial charge in [0.05, 0.1) is 19.9 Å². The first-order valence-corrected chi connectivity index (χ1v) is 7.59. The predicted octanol–water partition coefficient (Wildman–Crippen LogP) is 1.68. The van der Waals surface area contributed by atoms with E-state index in [4.69, 9.17) is 14.6 Å². The molecule has 0 aliphatic carbocycles. The van der Waals surface area contributed by atoms with E-state index < -0.39 is 6.03 Å². The summed E-state index contributed by atoms with van der Waals surface area (Å²) in [6, 6.07) is 3.27. The van der Waals surface area contributed by atoms with Gasteiger partial charge in [-0.05, 0) is 12.1 Å². The largest absolute Gasteiger partial charge is 0.494 e. The van der Waals surface area contributed by atoms with Crippen LogP contribution in [0.1, 0.15) is 0 Å². The zero-order valence-corrected chi connectivity index (χ0v) is 13.6. The molecular formula is C15H16N6O4. The summed E-state index contributed by atoms with van der Waals surface area (Å²) in [7, 11) is 3.42. The summed E-state index contributed by atoms with van der Waals surface area (Å²) in [4.78, 5) is 29.1. The number of anilines is 1. The van der Waals surface area contributed by atoms with E-state index in [1.54, 1.807) is 18.0 Å². The molecular weight excluding hydrogens is 328 g/mol. The van der Waals surface area contributed by atoms with Crippen LogP contribution in [0.15, 0.2) is 24.5 Å². The van der Waals surface area contributed by atoms with Gasteiger partial charge in [-0.2, -0.15) is 10.2 Å². The Kier molecular flexibility index (Phi) is 3.75.